The minimum atomic E-state index is 0.562. The number of hydrogen-bond acceptors (Lipinski definition) is 4. The second kappa shape index (κ2) is 8.19. The van der Waals surface area contributed by atoms with Crippen LogP contribution in [0.5, 0.6) is 11.5 Å². The Balaban J connectivity index is 2.74. The molecule has 1 rings (SSSR count). The Morgan fingerprint density at radius 1 is 1.28 bits per heavy atom. The zero-order valence-electron chi connectivity index (χ0n) is 11.1. The molecule has 4 nitrogen and oxygen atoms in total. The number of benzene rings is 1. The van der Waals surface area contributed by atoms with Crippen molar-refractivity contribution in [1.29, 1.82) is 0 Å². The first-order valence-electron chi connectivity index (χ1n) is 5.91. The molecule has 0 aliphatic heterocycles. The van der Waals surface area contributed by atoms with E-state index in [2.05, 4.69) is 5.32 Å². The molecule has 0 saturated carbocycles. The third kappa shape index (κ3) is 4.37. The van der Waals surface area contributed by atoms with Crippen LogP contribution < -0.4 is 14.8 Å². The fourth-order valence-corrected chi connectivity index (χ4v) is 1.90. The van der Waals surface area contributed by atoms with E-state index in [-0.39, 0.29) is 0 Å². The summed E-state index contributed by atoms with van der Waals surface area (Å²) in [6.45, 7) is 4.70. The zero-order chi connectivity index (χ0) is 13.4. The van der Waals surface area contributed by atoms with Gasteiger partial charge in [-0.15, -0.1) is 0 Å². The van der Waals surface area contributed by atoms with E-state index in [0.717, 1.165) is 12.1 Å². The molecule has 0 aliphatic rings. The highest BCUT2D eigenvalue weighted by atomic mass is 35.5. The van der Waals surface area contributed by atoms with E-state index >= 15 is 0 Å². The van der Waals surface area contributed by atoms with E-state index in [4.69, 9.17) is 25.8 Å². The molecule has 0 atom stereocenters. The first-order valence-corrected chi connectivity index (χ1v) is 6.29. The minimum absolute atomic E-state index is 0.562. The number of ether oxygens (including phenoxy) is 3. The summed E-state index contributed by atoms with van der Waals surface area (Å²) in [5, 5.41) is 3.82. The molecule has 0 bridgehead atoms. The van der Waals surface area contributed by atoms with Crippen molar-refractivity contribution >= 4 is 11.6 Å². The van der Waals surface area contributed by atoms with E-state index < -0.39 is 0 Å². The molecular weight excluding hydrogens is 254 g/mol. The third-order valence-corrected chi connectivity index (χ3v) is 2.67. The van der Waals surface area contributed by atoms with Gasteiger partial charge in [0.25, 0.3) is 0 Å². The molecule has 1 N–H and O–H groups in total. The molecule has 1 aromatic carbocycles. The fraction of sp³-hybridized carbons (Fsp3) is 0.538. The highest BCUT2D eigenvalue weighted by molar-refractivity contribution is 6.32. The van der Waals surface area contributed by atoms with Crippen LogP contribution in [0.25, 0.3) is 0 Å². The molecule has 0 radical (unpaired) electrons. The van der Waals surface area contributed by atoms with Crippen molar-refractivity contribution in [3.63, 3.8) is 0 Å². The summed E-state index contributed by atoms with van der Waals surface area (Å²) in [7, 11) is 3.26. The van der Waals surface area contributed by atoms with Gasteiger partial charge in [-0.2, -0.15) is 0 Å². The maximum absolute atomic E-state index is 6.15. The van der Waals surface area contributed by atoms with Gasteiger partial charge in [-0.25, -0.2) is 0 Å². The highest BCUT2D eigenvalue weighted by Gasteiger charge is 2.11. The molecular formula is C13H20ClNO3. The zero-order valence-corrected chi connectivity index (χ0v) is 11.8. The van der Waals surface area contributed by atoms with Crippen LogP contribution in [-0.4, -0.2) is 34.0 Å². The lowest BCUT2D eigenvalue weighted by molar-refractivity contribution is 0.199. The normalized spacial score (nSPS) is 10.4. The number of nitrogens with one attached hydrogen (secondary N) is 1. The average molecular weight is 274 g/mol. The standard InChI is InChI=1S/C13H20ClNO3/c1-4-18-12-8-10(9-15-5-6-16-2)7-11(14)13(12)17-3/h7-8,15H,4-6,9H2,1-3H3. The first kappa shape index (κ1) is 15.1. The van der Waals surface area contributed by atoms with Crippen molar-refractivity contribution in [2.75, 3.05) is 34.0 Å². The van der Waals surface area contributed by atoms with Gasteiger partial charge < -0.3 is 19.5 Å². The molecule has 5 heteroatoms. The monoisotopic (exact) mass is 273 g/mol. The highest BCUT2D eigenvalue weighted by Crippen LogP contribution is 2.36. The van der Waals surface area contributed by atoms with Crippen LogP contribution in [0, 0.1) is 0 Å². The lowest BCUT2D eigenvalue weighted by Crippen LogP contribution is -2.18. The Kier molecular flexibility index (Phi) is 6.86. The largest absolute Gasteiger partial charge is 0.491 e. The maximum atomic E-state index is 6.15. The number of rotatable bonds is 8. The van der Waals surface area contributed by atoms with E-state index in [1.54, 1.807) is 14.2 Å². The molecule has 0 unspecified atom stereocenters. The summed E-state index contributed by atoms with van der Waals surface area (Å²) >= 11 is 6.15. The average Bonchev–Trinajstić information content (AvgIpc) is 2.35. The second-order valence-corrected chi connectivity index (χ2v) is 4.12. The summed E-state index contributed by atoms with van der Waals surface area (Å²) in [5.74, 6) is 1.26. The molecule has 102 valence electrons. The van der Waals surface area contributed by atoms with Gasteiger partial charge >= 0.3 is 0 Å². The van der Waals surface area contributed by atoms with E-state index in [9.17, 15) is 0 Å². The van der Waals surface area contributed by atoms with Crippen LogP contribution in [0.15, 0.2) is 12.1 Å². The molecule has 0 saturated heterocycles. The van der Waals surface area contributed by atoms with Gasteiger partial charge in [-0.3, -0.25) is 0 Å². The van der Waals surface area contributed by atoms with Gasteiger partial charge in [-0.1, -0.05) is 11.6 Å². The topological polar surface area (TPSA) is 39.7 Å². The predicted octanol–water partition coefficient (Wildman–Crippen LogP) is 2.48. The SMILES string of the molecule is CCOc1cc(CNCCOC)cc(Cl)c1OC. The molecule has 0 spiro atoms. The van der Waals surface area contributed by atoms with E-state index in [1.807, 2.05) is 19.1 Å². The quantitative estimate of drug-likeness (QED) is 0.739. The molecule has 0 heterocycles. The summed E-state index contributed by atoms with van der Waals surface area (Å²) in [6.07, 6.45) is 0. The Labute approximate surface area is 113 Å². The molecule has 0 fully saturated rings. The second-order valence-electron chi connectivity index (χ2n) is 3.71. The van der Waals surface area contributed by atoms with Crippen molar-refractivity contribution in [1.82, 2.24) is 5.32 Å². The molecule has 0 aliphatic carbocycles. The summed E-state index contributed by atoms with van der Waals surface area (Å²) < 4.78 is 15.7. The number of halogens is 1. The van der Waals surface area contributed by atoms with Crippen molar-refractivity contribution in [3.05, 3.63) is 22.7 Å². The van der Waals surface area contributed by atoms with Crippen molar-refractivity contribution < 1.29 is 14.2 Å². The number of hydrogen-bond donors (Lipinski definition) is 1. The third-order valence-electron chi connectivity index (χ3n) is 2.39. The minimum Gasteiger partial charge on any atom is -0.491 e. The van der Waals surface area contributed by atoms with Crippen LogP contribution in [0.2, 0.25) is 5.02 Å². The lowest BCUT2D eigenvalue weighted by atomic mass is 10.2. The maximum Gasteiger partial charge on any atom is 0.179 e. The van der Waals surface area contributed by atoms with E-state index in [0.29, 0.717) is 36.3 Å². The fourth-order valence-electron chi connectivity index (χ4n) is 1.59. The van der Waals surface area contributed by atoms with Crippen molar-refractivity contribution in [2.45, 2.75) is 13.5 Å². The Bertz CT molecular complexity index is 371. The molecule has 0 aromatic heterocycles. The van der Waals surface area contributed by atoms with Gasteiger partial charge in [0.05, 0.1) is 25.3 Å². The molecule has 1 aromatic rings. The van der Waals surface area contributed by atoms with Crippen molar-refractivity contribution in [3.8, 4) is 11.5 Å². The van der Waals surface area contributed by atoms with Crippen LogP contribution in [-0.2, 0) is 11.3 Å². The smallest absolute Gasteiger partial charge is 0.179 e. The Hall–Kier alpha value is -0.970. The first-order chi connectivity index (χ1) is 8.72. The van der Waals surface area contributed by atoms with Crippen molar-refractivity contribution in [2.24, 2.45) is 0 Å². The lowest BCUT2D eigenvalue weighted by Gasteiger charge is -2.13. The van der Waals surface area contributed by atoms with Gasteiger partial charge in [0.15, 0.2) is 11.5 Å². The van der Waals surface area contributed by atoms with Gasteiger partial charge in [0.2, 0.25) is 0 Å². The summed E-state index contributed by atoms with van der Waals surface area (Å²) in [5.41, 5.74) is 1.06. The van der Waals surface area contributed by atoms with Crippen LogP contribution in [0.3, 0.4) is 0 Å². The van der Waals surface area contributed by atoms with Crippen LogP contribution in [0.1, 0.15) is 12.5 Å². The molecule has 0 amide bonds. The number of methoxy groups -OCH3 is 2. The summed E-state index contributed by atoms with van der Waals surface area (Å²) in [6, 6.07) is 3.82. The molecule has 18 heavy (non-hydrogen) atoms. The Morgan fingerprint density at radius 2 is 2.06 bits per heavy atom. The van der Waals surface area contributed by atoms with Gasteiger partial charge in [0, 0.05) is 20.2 Å². The van der Waals surface area contributed by atoms with Crippen LogP contribution >= 0.6 is 11.6 Å². The predicted molar refractivity (Wildman–Crippen MR) is 72.8 cm³/mol. The van der Waals surface area contributed by atoms with Crippen LogP contribution in [0.4, 0.5) is 0 Å². The van der Waals surface area contributed by atoms with Gasteiger partial charge in [0.1, 0.15) is 0 Å². The Morgan fingerprint density at radius 3 is 2.67 bits per heavy atom. The van der Waals surface area contributed by atoms with Gasteiger partial charge in [-0.05, 0) is 24.6 Å². The van der Waals surface area contributed by atoms with E-state index in [1.165, 1.54) is 0 Å². The summed E-state index contributed by atoms with van der Waals surface area (Å²) in [4.78, 5) is 0.